The Balaban J connectivity index is 2.21. The minimum absolute atomic E-state index is 0.0363. The average Bonchev–Trinajstić information content (AvgIpc) is 2.73. The predicted molar refractivity (Wildman–Crippen MR) is 114 cm³/mol. The van der Waals surface area contributed by atoms with Crippen LogP contribution in [0.4, 0.5) is 4.39 Å². The van der Waals surface area contributed by atoms with E-state index in [-0.39, 0.29) is 24.3 Å². The van der Waals surface area contributed by atoms with E-state index in [1.54, 1.807) is 23.1 Å². The number of amides is 2. The molecule has 1 N–H and O–H groups in total. The van der Waals surface area contributed by atoms with Crippen molar-refractivity contribution in [3.05, 3.63) is 71.5 Å². The van der Waals surface area contributed by atoms with Gasteiger partial charge in [-0.1, -0.05) is 62.4 Å². The summed E-state index contributed by atoms with van der Waals surface area (Å²) < 4.78 is 14.1. The van der Waals surface area contributed by atoms with E-state index in [0.717, 1.165) is 12.0 Å². The van der Waals surface area contributed by atoms with E-state index < -0.39 is 11.9 Å². The Hall–Kier alpha value is -2.69. The summed E-state index contributed by atoms with van der Waals surface area (Å²) in [5, 5.41) is 2.98. The Bertz CT molecular complexity index is 794. The highest BCUT2D eigenvalue weighted by molar-refractivity contribution is 5.88. The first kappa shape index (κ1) is 22.6. The van der Waals surface area contributed by atoms with Crippen molar-refractivity contribution in [3.8, 4) is 0 Å². The number of nitrogens with one attached hydrogen (secondary N) is 1. The first-order chi connectivity index (χ1) is 14.0. The number of carbonyl (C=O) groups is 2. The van der Waals surface area contributed by atoms with E-state index in [1.165, 1.54) is 6.07 Å². The van der Waals surface area contributed by atoms with Crippen LogP contribution in [0.25, 0.3) is 0 Å². The van der Waals surface area contributed by atoms with Crippen molar-refractivity contribution in [1.82, 2.24) is 10.2 Å². The molecule has 0 unspecified atom stereocenters. The third kappa shape index (κ3) is 6.70. The molecule has 5 heteroatoms. The van der Waals surface area contributed by atoms with Gasteiger partial charge in [-0.05, 0) is 43.4 Å². The summed E-state index contributed by atoms with van der Waals surface area (Å²) in [4.78, 5) is 27.6. The Morgan fingerprint density at radius 1 is 1.00 bits per heavy atom. The van der Waals surface area contributed by atoms with Gasteiger partial charge in [-0.15, -0.1) is 0 Å². The summed E-state index contributed by atoms with van der Waals surface area (Å²) in [6, 6.07) is 15.6. The van der Waals surface area contributed by atoms with Gasteiger partial charge in [0.1, 0.15) is 11.9 Å². The van der Waals surface area contributed by atoms with Crippen molar-refractivity contribution in [2.45, 2.75) is 58.5 Å². The molecule has 0 saturated heterocycles. The molecule has 0 aliphatic rings. The molecule has 0 bridgehead atoms. The van der Waals surface area contributed by atoms with E-state index in [4.69, 9.17) is 0 Å². The highest BCUT2D eigenvalue weighted by Crippen LogP contribution is 2.14. The Morgan fingerprint density at radius 2 is 1.66 bits per heavy atom. The summed E-state index contributed by atoms with van der Waals surface area (Å²) in [5.41, 5.74) is 1.44. The molecule has 2 amide bonds. The van der Waals surface area contributed by atoms with Gasteiger partial charge in [-0.25, -0.2) is 4.39 Å². The Kier molecular flexibility index (Phi) is 8.84. The van der Waals surface area contributed by atoms with Crippen LogP contribution >= 0.6 is 0 Å². The number of benzene rings is 2. The van der Waals surface area contributed by atoms with Crippen LogP contribution in [0.15, 0.2) is 54.6 Å². The SMILES string of the molecule is CC[C@H](C(=O)N[C@@H](C)CC)N(CCc1ccccc1)C(=O)Cc1ccccc1F. The van der Waals surface area contributed by atoms with E-state index >= 15 is 0 Å². The van der Waals surface area contributed by atoms with Gasteiger partial charge in [0.05, 0.1) is 6.42 Å². The average molecular weight is 399 g/mol. The van der Waals surface area contributed by atoms with Crippen LogP contribution in [0.3, 0.4) is 0 Å². The molecule has 0 heterocycles. The highest BCUT2D eigenvalue weighted by Gasteiger charge is 2.29. The molecule has 0 aliphatic heterocycles. The fraction of sp³-hybridized carbons (Fsp3) is 0.417. The summed E-state index contributed by atoms with van der Waals surface area (Å²) in [6.45, 7) is 6.25. The summed E-state index contributed by atoms with van der Waals surface area (Å²) in [7, 11) is 0. The van der Waals surface area contributed by atoms with Gasteiger partial charge in [0, 0.05) is 12.6 Å². The zero-order chi connectivity index (χ0) is 21.2. The van der Waals surface area contributed by atoms with Crippen molar-refractivity contribution in [1.29, 1.82) is 0 Å². The van der Waals surface area contributed by atoms with Crippen LogP contribution in [0.5, 0.6) is 0 Å². The van der Waals surface area contributed by atoms with E-state index in [9.17, 15) is 14.0 Å². The minimum atomic E-state index is -0.577. The zero-order valence-electron chi connectivity index (χ0n) is 17.5. The van der Waals surface area contributed by atoms with Crippen LogP contribution in [0.1, 0.15) is 44.7 Å². The smallest absolute Gasteiger partial charge is 0.243 e. The van der Waals surface area contributed by atoms with E-state index in [1.807, 2.05) is 51.1 Å². The third-order valence-corrected chi connectivity index (χ3v) is 5.17. The maximum absolute atomic E-state index is 14.1. The van der Waals surface area contributed by atoms with Crippen LogP contribution < -0.4 is 5.32 Å². The molecule has 4 nitrogen and oxygen atoms in total. The van der Waals surface area contributed by atoms with E-state index in [0.29, 0.717) is 24.9 Å². The Morgan fingerprint density at radius 3 is 2.28 bits per heavy atom. The van der Waals surface area contributed by atoms with Gasteiger partial charge in [0.25, 0.3) is 0 Å². The standard InChI is InChI=1S/C24H31FN2O2/c1-4-18(3)26-24(29)22(5-2)27(16-15-19-11-7-6-8-12-19)23(28)17-20-13-9-10-14-21(20)25/h6-14,18,22H,4-5,15-17H2,1-3H3,(H,26,29)/t18-,22+/m0/s1. The number of hydrogen-bond acceptors (Lipinski definition) is 2. The van der Waals surface area contributed by atoms with Crippen LogP contribution in [-0.4, -0.2) is 35.3 Å². The van der Waals surface area contributed by atoms with Gasteiger partial charge < -0.3 is 10.2 Å². The van der Waals surface area contributed by atoms with Crippen molar-refractivity contribution < 1.29 is 14.0 Å². The fourth-order valence-electron chi connectivity index (χ4n) is 3.24. The maximum atomic E-state index is 14.1. The number of halogens is 1. The minimum Gasteiger partial charge on any atom is -0.352 e. The van der Waals surface area contributed by atoms with Gasteiger partial charge in [-0.3, -0.25) is 9.59 Å². The topological polar surface area (TPSA) is 49.4 Å². The lowest BCUT2D eigenvalue weighted by Gasteiger charge is -2.31. The molecule has 0 saturated carbocycles. The molecule has 2 rings (SSSR count). The molecule has 2 atom stereocenters. The number of nitrogens with zero attached hydrogens (tertiary/aromatic N) is 1. The maximum Gasteiger partial charge on any atom is 0.243 e. The van der Waals surface area contributed by atoms with Gasteiger partial charge in [0.15, 0.2) is 0 Å². The molecule has 0 aliphatic carbocycles. The van der Waals surface area contributed by atoms with Crippen LogP contribution in [-0.2, 0) is 22.4 Å². The lowest BCUT2D eigenvalue weighted by atomic mass is 10.1. The monoisotopic (exact) mass is 398 g/mol. The molecule has 2 aromatic rings. The highest BCUT2D eigenvalue weighted by atomic mass is 19.1. The molecule has 0 spiro atoms. The second-order valence-electron chi connectivity index (χ2n) is 7.33. The summed E-state index contributed by atoms with van der Waals surface area (Å²) >= 11 is 0. The van der Waals surface area contributed by atoms with Crippen LogP contribution in [0.2, 0.25) is 0 Å². The molecule has 0 radical (unpaired) electrons. The first-order valence-corrected chi connectivity index (χ1v) is 10.3. The predicted octanol–water partition coefficient (Wildman–Crippen LogP) is 4.13. The molecule has 0 fully saturated rings. The Labute approximate surface area is 173 Å². The summed E-state index contributed by atoms with van der Waals surface area (Å²) in [5.74, 6) is -0.796. The largest absolute Gasteiger partial charge is 0.352 e. The molecule has 2 aromatic carbocycles. The van der Waals surface area contributed by atoms with Crippen molar-refractivity contribution in [3.63, 3.8) is 0 Å². The van der Waals surface area contributed by atoms with Crippen molar-refractivity contribution in [2.75, 3.05) is 6.54 Å². The molecule has 0 aromatic heterocycles. The zero-order valence-corrected chi connectivity index (χ0v) is 17.5. The molecule has 29 heavy (non-hydrogen) atoms. The molecular weight excluding hydrogens is 367 g/mol. The van der Waals surface area contributed by atoms with Gasteiger partial charge in [-0.2, -0.15) is 0 Å². The lowest BCUT2D eigenvalue weighted by Crippen LogP contribution is -2.52. The number of rotatable bonds is 10. The first-order valence-electron chi connectivity index (χ1n) is 10.3. The number of carbonyl (C=O) groups excluding carboxylic acids is 2. The number of hydrogen-bond donors (Lipinski definition) is 1. The normalized spacial score (nSPS) is 12.8. The van der Waals surface area contributed by atoms with Crippen molar-refractivity contribution >= 4 is 11.8 Å². The van der Waals surface area contributed by atoms with Gasteiger partial charge in [0.2, 0.25) is 11.8 Å². The fourth-order valence-corrected chi connectivity index (χ4v) is 3.24. The lowest BCUT2D eigenvalue weighted by molar-refractivity contribution is -0.140. The molecule has 156 valence electrons. The second kappa shape index (κ2) is 11.3. The van der Waals surface area contributed by atoms with E-state index in [2.05, 4.69) is 5.32 Å². The third-order valence-electron chi connectivity index (χ3n) is 5.17. The van der Waals surface area contributed by atoms with Crippen LogP contribution in [0, 0.1) is 5.82 Å². The van der Waals surface area contributed by atoms with Crippen molar-refractivity contribution in [2.24, 2.45) is 0 Å². The molecular formula is C24H31FN2O2. The van der Waals surface area contributed by atoms with Gasteiger partial charge >= 0.3 is 0 Å². The quantitative estimate of drug-likeness (QED) is 0.654. The summed E-state index contributed by atoms with van der Waals surface area (Å²) in [6.07, 6.45) is 1.89. The second-order valence-corrected chi connectivity index (χ2v) is 7.33.